The van der Waals surface area contributed by atoms with Crippen molar-refractivity contribution in [2.45, 2.75) is 0 Å². The SMILES string of the molecule is B.c1ccc2c(c1)ccc1ccccc12. The molecule has 0 fully saturated rings. The van der Waals surface area contributed by atoms with E-state index in [0.29, 0.717) is 0 Å². The molecule has 0 radical (unpaired) electrons. The van der Waals surface area contributed by atoms with Crippen LogP contribution in [0.5, 0.6) is 0 Å². The molecule has 15 heavy (non-hydrogen) atoms. The zero-order chi connectivity index (χ0) is 9.38. The summed E-state index contributed by atoms with van der Waals surface area (Å²) >= 11 is 0. The van der Waals surface area contributed by atoms with Crippen molar-refractivity contribution in [2.75, 3.05) is 0 Å². The van der Waals surface area contributed by atoms with Crippen LogP contribution in [0.15, 0.2) is 60.7 Å². The summed E-state index contributed by atoms with van der Waals surface area (Å²) in [6.45, 7) is 0. The van der Waals surface area contributed by atoms with Crippen molar-refractivity contribution in [3.63, 3.8) is 0 Å². The van der Waals surface area contributed by atoms with Crippen LogP contribution in [0.25, 0.3) is 21.5 Å². The van der Waals surface area contributed by atoms with Gasteiger partial charge in [-0.25, -0.2) is 0 Å². The first-order valence-electron chi connectivity index (χ1n) is 4.82. The molecule has 0 aliphatic heterocycles. The first-order chi connectivity index (χ1) is 6.95. The number of benzene rings is 3. The molecule has 0 aromatic heterocycles. The van der Waals surface area contributed by atoms with Gasteiger partial charge in [0.05, 0.1) is 8.41 Å². The van der Waals surface area contributed by atoms with E-state index in [1.54, 1.807) is 0 Å². The number of fused-ring (bicyclic) bond motifs is 3. The fourth-order valence-electron chi connectivity index (χ4n) is 1.95. The second-order valence-electron chi connectivity index (χ2n) is 3.51. The van der Waals surface area contributed by atoms with E-state index in [1.807, 2.05) is 0 Å². The molecule has 0 saturated heterocycles. The average Bonchev–Trinajstić information content (AvgIpc) is 2.29. The van der Waals surface area contributed by atoms with Gasteiger partial charge in [0.15, 0.2) is 0 Å². The summed E-state index contributed by atoms with van der Waals surface area (Å²) in [4.78, 5) is 0. The summed E-state index contributed by atoms with van der Waals surface area (Å²) in [5.41, 5.74) is 0. The van der Waals surface area contributed by atoms with Gasteiger partial charge in [-0.15, -0.1) is 0 Å². The molecule has 0 bridgehead atoms. The molecule has 72 valence electrons. The molecular weight excluding hydrogens is 179 g/mol. The van der Waals surface area contributed by atoms with Crippen molar-refractivity contribution in [1.29, 1.82) is 0 Å². The lowest BCUT2D eigenvalue weighted by Crippen LogP contribution is -1.75. The van der Waals surface area contributed by atoms with E-state index >= 15 is 0 Å². The standard InChI is InChI=1S/C14H10.BH3/c1-3-7-13-11(5-1)9-10-12-6-2-4-8-14(12)13;/h1-10H;1H3. The molecule has 0 heterocycles. The zero-order valence-corrected chi connectivity index (χ0v) is 7.77. The molecule has 0 spiro atoms. The third kappa shape index (κ3) is 1.50. The summed E-state index contributed by atoms with van der Waals surface area (Å²) in [6.07, 6.45) is 0. The van der Waals surface area contributed by atoms with E-state index in [4.69, 9.17) is 0 Å². The summed E-state index contributed by atoms with van der Waals surface area (Å²) in [7, 11) is 0. The lowest BCUT2D eigenvalue weighted by Gasteiger charge is -2.02. The molecule has 0 nitrogen and oxygen atoms in total. The van der Waals surface area contributed by atoms with Gasteiger partial charge in [-0.1, -0.05) is 60.7 Å². The predicted molar refractivity (Wildman–Crippen MR) is 71.4 cm³/mol. The summed E-state index contributed by atoms with van der Waals surface area (Å²) in [5, 5.41) is 5.30. The Bertz CT molecular complexity index is 544. The Morgan fingerprint density at radius 3 is 1.33 bits per heavy atom. The monoisotopic (exact) mass is 192 g/mol. The second-order valence-corrected chi connectivity index (χ2v) is 3.51. The summed E-state index contributed by atoms with van der Waals surface area (Å²) < 4.78 is 0. The first kappa shape index (κ1) is 9.79. The first-order valence-corrected chi connectivity index (χ1v) is 4.82. The normalized spacial score (nSPS) is 10.1. The molecule has 0 unspecified atom stereocenters. The highest BCUT2D eigenvalue weighted by molar-refractivity contribution is 6.07. The van der Waals surface area contributed by atoms with Crippen molar-refractivity contribution in [2.24, 2.45) is 0 Å². The highest BCUT2D eigenvalue weighted by atomic mass is 14.0. The molecule has 0 N–H and O–H groups in total. The fourth-order valence-corrected chi connectivity index (χ4v) is 1.95. The van der Waals surface area contributed by atoms with Crippen molar-refractivity contribution < 1.29 is 0 Å². The predicted octanol–water partition coefficient (Wildman–Crippen LogP) is 2.81. The Kier molecular flexibility index (Phi) is 2.46. The maximum atomic E-state index is 2.18. The van der Waals surface area contributed by atoms with E-state index in [2.05, 4.69) is 60.7 Å². The minimum Gasteiger partial charge on any atom is -0.0616 e. The van der Waals surface area contributed by atoms with Crippen LogP contribution in [-0.2, 0) is 0 Å². The van der Waals surface area contributed by atoms with Gasteiger partial charge in [-0.3, -0.25) is 0 Å². The third-order valence-electron chi connectivity index (χ3n) is 2.65. The van der Waals surface area contributed by atoms with Crippen LogP contribution in [-0.4, -0.2) is 8.41 Å². The molecule has 3 aromatic rings. The lowest BCUT2D eigenvalue weighted by molar-refractivity contribution is 1.76. The molecule has 0 aliphatic rings. The van der Waals surface area contributed by atoms with E-state index in [1.165, 1.54) is 21.5 Å². The smallest absolute Gasteiger partial charge is 0.0616 e. The summed E-state index contributed by atoms with van der Waals surface area (Å²) in [5.74, 6) is 0. The molecule has 0 atom stereocenters. The lowest BCUT2D eigenvalue weighted by atomic mass is 10.0. The largest absolute Gasteiger partial charge is 0.0814 e. The van der Waals surface area contributed by atoms with Crippen molar-refractivity contribution >= 4 is 30.0 Å². The van der Waals surface area contributed by atoms with Crippen LogP contribution in [0.4, 0.5) is 0 Å². The van der Waals surface area contributed by atoms with E-state index < -0.39 is 0 Å². The van der Waals surface area contributed by atoms with Crippen LogP contribution in [0.2, 0.25) is 0 Å². The minimum atomic E-state index is 0. The van der Waals surface area contributed by atoms with E-state index in [9.17, 15) is 0 Å². The maximum absolute atomic E-state index is 2.18. The molecular formula is C14H13B. The maximum Gasteiger partial charge on any atom is 0.0814 e. The molecule has 3 rings (SSSR count). The van der Waals surface area contributed by atoms with Crippen LogP contribution >= 0.6 is 0 Å². The van der Waals surface area contributed by atoms with Gasteiger partial charge < -0.3 is 0 Å². The van der Waals surface area contributed by atoms with E-state index in [0.717, 1.165) is 0 Å². The minimum absolute atomic E-state index is 0. The second kappa shape index (κ2) is 3.78. The molecule has 3 aromatic carbocycles. The van der Waals surface area contributed by atoms with Gasteiger partial charge in [-0.2, -0.15) is 0 Å². The average molecular weight is 192 g/mol. The van der Waals surface area contributed by atoms with Gasteiger partial charge in [0.2, 0.25) is 0 Å². The highest BCUT2D eigenvalue weighted by Gasteiger charge is 1.97. The van der Waals surface area contributed by atoms with Gasteiger partial charge in [0, 0.05) is 0 Å². The topological polar surface area (TPSA) is 0 Å². The molecule has 1 heteroatoms. The number of rotatable bonds is 0. The Morgan fingerprint density at radius 1 is 0.467 bits per heavy atom. The molecule has 0 saturated carbocycles. The van der Waals surface area contributed by atoms with Gasteiger partial charge >= 0.3 is 0 Å². The van der Waals surface area contributed by atoms with Gasteiger partial charge in [0.1, 0.15) is 0 Å². The Balaban J connectivity index is 0.000000853. The fraction of sp³-hybridized carbons (Fsp3) is 0. The molecule has 0 aliphatic carbocycles. The van der Waals surface area contributed by atoms with Crippen molar-refractivity contribution in [3.8, 4) is 0 Å². The zero-order valence-electron chi connectivity index (χ0n) is 7.77. The van der Waals surface area contributed by atoms with Crippen molar-refractivity contribution in [1.82, 2.24) is 0 Å². The van der Waals surface area contributed by atoms with Crippen LogP contribution in [0.3, 0.4) is 0 Å². The Labute approximate surface area is 91.1 Å². The third-order valence-corrected chi connectivity index (χ3v) is 2.65. The molecule has 0 amide bonds. The van der Waals surface area contributed by atoms with Gasteiger partial charge in [0.25, 0.3) is 0 Å². The number of hydrogen-bond acceptors (Lipinski definition) is 0. The number of hydrogen-bond donors (Lipinski definition) is 0. The van der Waals surface area contributed by atoms with Crippen LogP contribution < -0.4 is 0 Å². The van der Waals surface area contributed by atoms with Crippen LogP contribution in [0.1, 0.15) is 0 Å². The summed E-state index contributed by atoms with van der Waals surface area (Å²) in [6, 6.07) is 21.4. The Hall–Kier alpha value is -1.76. The Morgan fingerprint density at radius 2 is 0.867 bits per heavy atom. The van der Waals surface area contributed by atoms with Crippen molar-refractivity contribution in [3.05, 3.63) is 60.7 Å². The van der Waals surface area contributed by atoms with Gasteiger partial charge in [-0.05, 0) is 21.5 Å². The van der Waals surface area contributed by atoms with E-state index in [-0.39, 0.29) is 8.41 Å². The van der Waals surface area contributed by atoms with Crippen LogP contribution in [0, 0.1) is 0 Å². The highest BCUT2D eigenvalue weighted by Crippen LogP contribution is 2.24. The quantitative estimate of drug-likeness (QED) is 0.379.